The highest BCUT2D eigenvalue weighted by molar-refractivity contribution is 5.90. The molecule has 3 heteroatoms. The Bertz CT molecular complexity index is 292. The molecule has 0 aromatic heterocycles. The third kappa shape index (κ3) is 5.21. The summed E-state index contributed by atoms with van der Waals surface area (Å²) in [6, 6.07) is 0. The Hall–Kier alpha value is -0.830. The minimum atomic E-state index is -0.0997. The highest BCUT2D eigenvalue weighted by Gasteiger charge is 2.20. The van der Waals surface area contributed by atoms with E-state index in [1.165, 1.54) is 44.9 Å². The number of carbonyl (C=O) groups is 1. The van der Waals surface area contributed by atoms with Gasteiger partial charge in [-0.2, -0.15) is 0 Å². The zero-order chi connectivity index (χ0) is 12.6. The van der Waals surface area contributed by atoms with E-state index in [0.29, 0.717) is 12.7 Å². The number of cyclic esters (lactones) is 1. The quantitative estimate of drug-likeness (QED) is 0.273. The van der Waals surface area contributed by atoms with Crippen LogP contribution in [0, 0.1) is 0 Å². The number of rotatable bonds is 9. The molecule has 2 saturated heterocycles. The number of allylic oxidation sites excluding steroid dienone is 1. The number of hydrogen-bond donors (Lipinski definition) is 0. The van der Waals surface area contributed by atoms with E-state index < -0.39 is 0 Å². The van der Waals surface area contributed by atoms with Gasteiger partial charge in [0.2, 0.25) is 0 Å². The summed E-state index contributed by atoms with van der Waals surface area (Å²) >= 11 is 0. The molecule has 0 amide bonds. The lowest BCUT2D eigenvalue weighted by atomic mass is 10.1. The monoisotopic (exact) mass is 252 g/mol. The van der Waals surface area contributed by atoms with Crippen LogP contribution in [0.25, 0.3) is 0 Å². The van der Waals surface area contributed by atoms with Gasteiger partial charge in [-0.3, -0.25) is 0 Å². The predicted octanol–water partition coefficient (Wildman–Crippen LogP) is 3.38. The fourth-order valence-electron chi connectivity index (χ4n) is 2.37. The summed E-state index contributed by atoms with van der Waals surface area (Å²) in [4.78, 5) is 11.2. The van der Waals surface area contributed by atoms with Crippen LogP contribution in [0.3, 0.4) is 0 Å². The standard InChI is InChI=1S/C15H24O3/c16-15-13(10-11-17-15)8-6-4-2-1-3-5-7-9-14-12-18-14/h8,14H,1-7,9-12H2/b13-8-. The molecule has 2 rings (SSSR count). The summed E-state index contributed by atoms with van der Waals surface area (Å²) in [5.41, 5.74) is 0.888. The van der Waals surface area contributed by atoms with Crippen molar-refractivity contribution in [1.82, 2.24) is 0 Å². The lowest BCUT2D eigenvalue weighted by molar-refractivity contribution is -0.135. The molecule has 0 aromatic carbocycles. The topological polar surface area (TPSA) is 38.8 Å². The van der Waals surface area contributed by atoms with Crippen molar-refractivity contribution >= 4 is 5.97 Å². The molecule has 102 valence electrons. The Morgan fingerprint density at radius 2 is 1.83 bits per heavy atom. The fraction of sp³-hybridized carbons (Fsp3) is 0.800. The molecular formula is C15H24O3. The Labute approximate surface area is 110 Å². The van der Waals surface area contributed by atoms with Crippen molar-refractivity contribution < 1.29 is 14.3 Å². The minimum Gasteiger partial charge on any atom is -0.462 e. The van der Waals surface area contributed by atoms with Gasteiger partial charge in [0.1, 0.15) is 0 Å². The van der Waals surface area contributed by atoms with Crippen LogP contribution in [0.1, 0.15) is 57.8 Å². The Kier molecular flexibility index (Phi) is 5.72. The molecule has 0 aromatic rings. The van der Waals surface area contributed by atoms with E-state index in [-0.39, 0.29) is 5.97 Å². The zero-order valence-electron chi connectivity index (χ0n) is 11.2. The molecule has 2 fully saturated rings. The highest BCUT2D eigenvalue weighted by atomic mass is 16.6. The third-order valence-electron chi connectivity index (χ3n) is 3.64. The second-order valence-electron chi connectivity index (χ2n) is 5.27. The molecule has 0 saturated carbocycles. The molecule has 0 spiro atoms. The maximum atomic E-state index is 11.2. The van der Waals surface area contributed by atoms with Crippen molar-refractivity contribution in [3.05, 3.63) is 11.6 Å². The summed E-state index contributed by atoms with van der Waals surface area (Å²) in [6.07, 6.45) is 13.6. The maximum absolute atomic E-state index is 11.2. The average Bonchev–Trinajstić information content (AvgIpc) is 3.10. The van der Waals surface area contributed by atoms with Crippen LogP contribution >= 0.6 is 0 Å². The smallest absolute Gasteiger partial charge is 0.333 e. The number of carbonyl (C=O) groups excluding carboxylic acids is 1. The molecule has 1 atom stereocenters. The molecule has 0 aliphatic carbocycles. The third-order valence-corrected chi connectivity index (χ3v) is 3.64. The molecular weight excluding hydrogens is 228 g/mol. The number of esters is 1. The van der Waals surface area contributed by atoms with E-state index in [4.69, 9.17) is 9.47 Å². The first-order chi connectivity index (χ1) is 8.86. The van der Waals surface area contributed by atoms with Crippen molar-refractivity contribution in [1.29, 1.82) is 0 Å². The maximum Gasteiger partial charge on any atom is 0.333 e. The Balaban J connectivity index is 1.38. The largest absolute Gasteiger partial charge is 0.462 e. The van der Waals surface area contributed by atoms with Crippen LogP contribution in [0.4, 0.5) is 0 Å². The van der Waals surface area contributed by atoms with Crippen molar-refractivity contribution in [3.8, 4) is 0 Å². The molecule has 18 heavy (non-hydrogen) atoms. The van der Waals surface area contributed by atoms with E-state index in [1.807, 2.05) is 0 Å². The van der Waals surface area contributed by atoms with Crippen LogP contribution in [0.15, 0.2) is 11.6 Å². The van der Waals surface area contributed by atoms with Gasteiger partial charge in [0, 0.05) is 12.0 Å². The SMILES string of the molecule is O=C1OCC/C1=C/CCCCCCCCC1CO1. The van der Waals surface area contributed by atoms with Gasteiger partial charge in [-0.25, -0.2) is 4.79 Å². The summed E-state index contributed by atoms with van der Waals surface area (Å²) in [6.45, 7) is 1.58. The van der Waals surface area contributed by atoms with Crippen molar-refractivity contribution in [2.45, 2.75) is 63.9 Å². The van der Waals surface area contributed by atoms with Crippen LogP contribution in [-0.2, 0) is 14.3 Å². The molecule has 2 aliphatic heterocycles. The van der Waals surface area contributed by atoms with Gasteiger partial charge >= 0.3 is 5.97 Å². The molecule has 2 heterocycles. The van der Waals surface area contributed by atoms with Gasteiger partial charge in [-0.15, -0.1) is 0 Å². The number of epoxide rings is 1. The van der Waals surface area contributed by atoms with Crippen LogP contribution in [0.2, 0.25) is 0 Å². The first kappa shape index (κ1) is 13.6. The van der Waals surface area contributed by atoms with Gasteiger partial charge in [-0.1, -0.05) is 38.2 Å². The van der Waals surface area contributed by atoms with Gasteiger partial charge in [0.15, 0.2) is 0 Å². The first-order valence-corrected chi connectivity index (χ1v) is 7.34. The van der Waals surface area contributed by atoms with Crippen LogP contribution in [0.5, 0.6) is 0 Å². The van der Waals surface area contributed by atoms with Gasteiger partial charge in [0.05, 0.1) is 19.3 Å². The van der Waals surface area contributed by atoms with Crippen molar-refractivity contribution in [2.24, 2.45) is 0 Å². The summed E-state index contributed by atoms with van der Waals surface area (Å²) < 4.78 is 10.1. The van der Waals surface area contributed by atoms with E-state index in [0.717, 1.165) is 25.0 Å². The van der Waals surface area contributed by atoms with E-state index in [1.54, 1.807) is 0 Å². The second kappa shape index (κ2) is 7.57. The predicted molar refractivity (Wildman–Crippen MR) is 70.3 cm³/mol. The highest BCUT2D eigenvalue weighted by Crippen LogP contribution is 2.18. The molecule has 0 N–H and O–H groups in total. The van der Waals surface area contributed by atoms with Gasteiger partial charge in [-0.05, 0) is 19.3 Å². The molecule has 0 bridgehead atoms. The normalized spacial score (nSPS) is 24.6. The van der Waals surface area contributed by atoms with E-state index in [9.17, 15) is 4.79 Å². The van der Waals surface area contributed by atoms with Crippen LogP contribution in [-0.4, -0.2) is 25.3 Å². The average molecular weight is 252 g/mol. The molecule has 3 nitrogen and oxygen atoms in total. The van der Waals surface area contributed by atoms with Crippen molar-refractivity contribution in [2.75, 3.05) is 13.2 Å². The lowest BCUT2D eigenvalue weighted by Crippen LogP contribution is -1.94. The molecule has 1 unspecified atom stereocenters. The summed E-state index contributed by atoms with van der Waals surface area (Å²) in [5.74, 6) is -0.0997. The number of ether oxygens (including phenoxy) is 2. The van der Waals surface area contributed by atoms with Crippen molar-refractivity contribution in [3.63, 3.8) is 0 Å². The second-order valence-corrected chi connectivity index (χ2v) is 5.27. The zero-order valence-corrected chi connectivity index (χ0v) is 11.2. The first-order valence-electron chi connectivity index (χ1n) is 7.34. The molecule has 2 aliphatic rings. The summed E-state index contributed by atoms with van der Waals surface area (Å²) in [7, 11) is 0. The van der Waals surface area contributed by atoms with Gasteiger partial charge in [0.25, 0.3) is 0 Å². The van der Waals surface area contributed by atoms with E-state index in [2.05, 4.69) is 6.08 Å². The Morgan fingerprint density at radius 1 is 1.11 bits per heavy atom. The van der Waals surface area contributed by atoms with Gasteiger partial charge < -0.3 is 9.47 Å². The number of hydrogen-bond acceptors (Lipinski definition) is 3. The summed E-state index contributed by atoms with van der Waals surface area (Å²) in [5, 5.41) is 0. The fourth-order valence-corrected chi connectivity index (χ4v) is 2.37. The Morgan fingerprint density at radius 3 is 2.50 bits per heavy atom. The number of unbranched alkanes of at least 4 members (excludes halogenated alkanes) is 6. The minimum absolute atomic E-state index is 0.0997. The lowest BCUT2D eigenvalue weighted by Gasteiger charge is -2.00. The van der Waals surface area contributed by atoms with Crippen LogP contribution < -0.4 is 0 Å². The molecule has 0 radical (unpaired) electrons. The van der Waals surface area contributed by atoms with E-state index >= 15 is 0 Å².